The lowest BCUT2D eigenvalue weighted by Crippen LogP contribution is -2.45. The van der Waals surface area contributed by atoms with Crippen LogP contribution in [0.4, 0.5) is 0 Å². The minimum Gasteiger partial charge on any atom is -0.476 e. The number of carboxylic acids is 1. The maximum atomic E-state index is 11.5. The van der Waals surface area contributed by atoms with Crippen LogP contribution in [0.15, 0.2) is 30.3 Å². The zero-order valence-corrected chi connectivity index (χ0v) is 12.5. The Morgan fingerprint density at radius 2 is 2.09 bits per heavy atom. The van der Waals surface area contributed by atoms with Gasteiger partial charge in [-0.15, -0.1) is 0 Å². The summed E-state index contributed by atoms with van der Waals surface area (Å²) in [5.41, 5.74) is 4.92. The first-order valence-corrected chi connectivity index (χ1v) is 7.17. The number of nitrogens with two attached hydrogens (primary N) is 1. The molecule has 22 heavy (non-hydrogen) atoms. The van der Waals surface area contributed by atoms with Crippen LogP contribution in [-0.4, -0.2) is 37.4 Å². The molecule has 0 aliphatic carbocycles. The number of thiocarbonyl (C=S) groups is 1. The molecule has 0 unspecified atom stereocenters. The van der Waals surface area contributed by atoms with E-state index in [9.17, 15) is 9.90 Å². The summed E-state index contributed by atoms with van der Waals surface area (Å²) in [6.45, 7) is 1.04. The van der Waals surface area contributed by atoms with Crippen molar-refractivity contribution in [3.8, 4) is 5.69 Å². The van der Waals surface area contributed by atoms with E-state index in [1.54, 1.807) is 4.68 Å². The summed E-state index contributed by atoms with van der Waals surface area (Å²) in [5, 5.41) is 14.1. The van der Waals surface area contributed by atoms with Crippen molar-refractivity contribution >= 4 is 23.3 Å². The van der Waals surface area contributed by atoms with E-state index in [1.807, 2.05) is 35.2 Å². The average Bonchev–Trinajstić information content (AvgIpc) is 2.94. The third-order valence-corrected chi connectivity index (χ3v) is 4.05. The van der Waals surface area contributed by atoms with Gasteiger partial charge < -0.3 is 15.4 Å². The summed E-state index contributed by atoms with van der Waals surface area (Å²) < 4.78 is 1.70. The van der Waals surface area contributed by atoms with Gasteiger partial charge >= 0.3 is 5.97 Å². The second kappa shape index (κ2) is 5.74. The fraction of sp³-hybridized carbons (Fsp3) is 0.214. The Bertz CT molecular complexity index is 728. The molecule has 2 heterocycles. The van der Waals surface area contributed by atoms with Gasteiger partial charge in [-0.05, 0) is 24.4 Å². The van der Waals surface area contributed by atoms with Crippen LogP contribution in [0.2, 0.25) is 0 Å². The van der Waals surface area contributed by atoms with Gasteiger partial charge in [0.1, 0.15) is 0 Å². The molecule has 8 heteroatoms. The number of benzene rings is 1. The molecule has 0 saturated heterocycles. The first kappa shape index (κ1) is 14.5. The van der Waals surface area contributed by atoms with Crippen molar-refractivity contribution < 1.29 is 9.90 Å². The molecule has 1 aromatic carbocycles. The summed E-state index contributed by atoms with van der Waals surface area (Å²) in [6, 6.07) is 9.50. The zero-order valence-electron chi connectivity index (χ0n) is 11.7. The van der Waals surface area contributed by atoms with Gasteiger partial charge in [-0.1, -0.05) is 18.2 Å². The minimum atomic E-state index is -1.04. The molecule has 0 amide bonds. The lowest BCUT2D eigenvalue weighted by molar-refractivity contribution is 0.0688. The second-order valence-corrected chi connectivity index (χ2v) is 5.33. The zero-order chi connectivity index (χ0) is 15.7. The number of fused-ring (bicyclic) bond motifs is 1. The number of hydrogen-bond acceptors (Lipinski definition) is 4. The van der Waals surface area contributed by atoms with Crippen LogP contribution in [0.25, 0.3) is 5.69 Å². The van der Waals surface area contributed by atoms with Crippen LogP contribution in [0.1, 0.15) is 21.7 Å². The van der Waals surface area contributed by atoms with Crippen molar-refractivity contribution in [2.24, 2.45) is 5.84 Å². The van der Waals surface area contributed by atoms with E-state index in [4.69, 9.17) is 18.1 Å². The Morgan fingerprint density at radius 3 is 2.73 bits per heavy atom. The monoisotopic (exact) mass is 317 g/mol. The van der Waals surface area contributed by atoms with Crippen molar-refractivity contribution in [3.05, 3.63) is 47.3 Å². The number of hydrogen-bond donors (Lipinski definition) is 3. The van der Waals surface area contributed by atoms with Gasteiger partial charge in [-0.25, -0.2) is 15.3 Å². The third-order valence-electron chi connectivity index (χ3n) is 3.67. The predicted molar refractivity (Wildman–Crippen MR) is 84.6 cm³/mol. The molecular weight excluding hydrogens is 302 g/mol. The van der Waals surface area contributed by atoms with Gasteiger partial charge in [0.2, 0.25) is 0 Å². The standard InChI is InChI=1S/C14H15N5O2S/c15-16-14(22)18-7-6-11-10(8-18)12(13(20)21)17-19(11)9-4-2-1-3-5-9/h1-5H,6-8,15H2,(H,16,22)(H,20,21). The van der Waals surface area contributed by atoms with Gasteiger partial charge in [0, 0.05) is 25.1 Å². The van der Waals surface area contributed by atoms with Crippen molar-refractivity contribution in [3.63, 3.8) is 0 Å². The van der Waals surface area contributed by atoms with Crippen LogP contribution < -0.4 is 11.3 Å². The highest BCUT2D eigenvalue weighted by Gasteiger charge is 2.29. The van der Waals surface area contributed by atoms with E-state index in [-0.39, 0.29) is 5.69 Å². The predicted octanol–water partition coefficient (Wildman–Crippen LogP) is 0.677. The van der Waals surface area contributed by atoms with E-state index in [1.165, 1.54) is 0 Å². The van der Waals surface area contributed by atoms with E-state index >= 15 is 0 Å². The van der Waals surface area contributed by atoms with Crippen LogP contribution in [0.3, 0.4) is 0 Å². The molecule has 0 atom stereocenters. The quantitative estimate of drug-likeness (QED) is 0.426. The normalized spacial score (nSPS) is 13.6. The Morgan fingerprint density at radius 1 is 1.36 bits per heavy atom. The molecule has 1 aromatic heterocycles. The van der Waals surface area contributed by atoms with E-state index in [0.717, 1.165) is 11.4 Å². The second-order valence-electron chi connectivity index (χ2n) is 4.95. The molecule has 114 valence electrons. The summed E-state index contributed by atoms with van der Waals surface area (Å²) in [6.07, 6.45) is 0.645. The topological polar surface area (TPSA) is 96.4 Å². The van der Waals surface area contributed by atoms with Gasteiger partial charge in [-0.3, -0.25) is 0 Å². The van der Waals surface area contributed by atoms with Crippen LogP contribution in [0, 0.1) is 0 Å². The molecule has 0 fully saturated rings. The molecule has 1 aliphatic rings. The number of para-hydroxylation sites is 1. The molecule has 0 bridgehead atoms. The lowest BCUT2D eigenvalue weighted by Gasteiger charge is -2.29. The molecule has 2 aromatic rings. The van der Waals surface area contributed by atoms with Gasteiger partial charge in [-0.2, -0.15) is 5.10 Å². The Labute approximate surface area is 132 Å². The van der Waals surface area contributed by atoms with Crippen LogP contribution in [0.5, 0.6) is 0 Å². The van der Waals surface area contributed by atoms with E-state index in [0.29, 0.717) is 30.2 Å². The highest BCUT2D eigenvalue weighted by Crippen LogP contribution is 2.25. The molecule has 3 rings (SSSR count). The highest BCUT2D eigenvalue weighted by atomic mass is 32.1. The fourth-order valence-electron chi connectivity index (χ4n) is 2.64. The minimum absolute atomic E-state index is 0.0587. The first-order valence-electron chi connectivity index (χ1n) is 6.77. The summed E-state index contributed by atoms with van der Waals surface area (Å²) in [5.74, 6) is 4.30. The van der Waals surface area contributed by atoms with E-state index < -0.39 is 5.97 Å². The summed E-state index contributed by atoms with van der Waals surface area (Å²) in [4.78, 5) is 13.3. The number of rotatable bonds is 2. The lowest BCUT2D eigenvalue weighted by atomic mass is 10.1. The smallest absolute Gasteiger partial charge is 0.356 e. The van der Waals surface area contributed by atoms with Crippen molar-refractivity contribution in [2.75, 3.05) is 6.54 Å². The maximum Gasteiger partial charge on any atom is 0.356 e. The van der Waals surface area contributed by atoms with Gasteiger partial charge in [0.05, 0.1) is 11.4 Å². The Kier molecular flexibility index (Phi) is 3.78. The molecule has 1 aliphatic heterocycles. The SMILES string of the molecule is NNC(=S)N1CCc2c(c(C(=O)O)nn2-c2ccccc2)C1. The summed E-state index contributed by atoms with van der Waals surface area (Å²) in [7, 11) is 0. The Hall–Kier alpha value is -2.45. The largest absolute Gasteiger partial charge is 0.476 e. The molecule has 7 nitrogen and oxygen atoms in total. The maximum absolute atomic E-state index is 11.5. The third kappa shape index (κ3) is 2.42. The van der Waals surface area contributed by atoms with Crippen LogP contribution >= 0.6 is 12.2 Å². The molecule has 0 saturated carbocycles. The number of nitrogens with one attached hydrogen (secondary N) is 1. The molecule has 0 spiro atoms. The van der Waals surface area contributed by atoms with Crippen molar-refractivity contribution in [2.45, 2.75) is 13.0 Å². The Balaban J connectivity index is 2.07. The highest BCUT2D eigenvalue weighted by molar-refractivity contribution is 7.80. The average molecular weight is 317 g/mol. The fourth-order valence-corrected chi connectivity index (χ4v) is 2.79. The van der Waals surface area contributed by atoms with Gasteiger partial charge in [0.25, 0.3) is 0 Å². The molecular formula is C14H15N5O2S. The number of carboxylic acid groups (broad SMARTS) is 1. The molecule has 0 radical (unpaired) electrons. The van der Waals surface area contributed by atoms with E-state index in [2.05, 4.69) is 10.5 Å². The summed E-state index contributed by atoms with van der Waals surface area (Å²) >= 11 is 5.13. The van der Waals surface area contributed by atoms with Gasteiger partial charge in [0.15, 0.2) is 10.8 Å². The first-order chi connectivity index (χ1) is 10.6. The van der Waals surface area contributed by atoms with Crippen molar-refractivity contribution in [1.82, 2.24) is 20.1 Å². The number of aromatic carboxylic acids is 1. The number of nitrogens with zero attached hydrogens (tertiary/aromatic N) is 3. The van der Waals surface area contributed by atoms with Crippen molar-refractivity contribution in [1.29, 1.82) is 0 Å². The number of carbonyl (C=O) groups is 1. The number of aromatic nitrogens is 2. The molecule has 4 N–H and O–H groups in total. The van der Waals surface area contributed by atoms with Crippen LogP contribution in [-0.2, 0) is 13.0 Å². The number of hydrazine groups is 1.